The second kappa shape index (κ2) is 10.3. The van der Waals surface area contributed by atoms with E-state index >= 15 is 0 Å². The minimum Gasteiger partial charge on any atom is -0.456 e. The van der Waals surface area contributed by atoms with Crippen LogP contribution in [-0.4, -0.2) is 66.0 Å². The number of carbonyl (C=O) groups excluding carboxylic acids is 4. The van der Waals surface area contributed by atoms with Crippen molar-refractivity contribution in [2.45, 2.75) is 101 Å². The van der Waals surface area contributed by atoms with Gasteiger partial charge in [-0.05, 0) is 69.1 Å². The maximum Gasteiger partial charge on any atom is 0.405 e. The third kappa shape index (κ3) is 5.51. The topological polar surface area (TPSA) is 160 Å². The third-order valence-corrected chi connectivity index (χ3v) is 9.62. The van der Waals surface area contributed by atoms with Crippen molar-refractivity contribution in [3.05, 3.63) is 0 Å². The van der Waals surface area contributed by atoms with E-state index in [9.17, 15) is 36.4 Å². The molecule has 3 aliphatic carbocycles. The van der Waals surface area contributed by atoms with Gasteiger partial charge in [0.1, 0.15) is 5.60 Å². The number of ether oxygens (including phenoxy) is 4. The lowest BCUT2D eigenvalue weighted by atomic mass is 9.82. The summed E-state index contributed by atoms with van der Waals surface area (Å²) in [5, 5.41) is -4.74. The summed E-state index contributed by atoms with van der Waals surface area (Å²) < 4.78 is 77.2. The van der Waals surface area contributed by atoms with Gasteiger partial charge in [0.05, 0.1) is 12.8 Å². The highest BCUT2D eigenvalue weighted by Crippen LogP contribution is 2.62. The number of halogens is 2. The van der Waals surface area contributed by atoms with Gasteiger partial charge in [-0.25, -0.2) is 9.59 Å². The van der Waals surface area contributed by atoms with Crippen LogP contribution in [0.1, 0.15) is 71.6 Å². The van der Waals surface area contributed by atoms with E-state index in [0.717, 1.165) is 12.8 Å². The fourth-order valence-corrected chi connectivity index (χ4v) is 7.05. The number of cyclic esters (lactones) is 1. The van der Waals surface area contributed by atoms with Gasteiger partial charge in [-0.1, -0.05) is 6.92 Å². The van der Waals surface area contributed by atoms with E-state index in [1.54, 1.807) is 0 Å². The van der Waals surface area contributed by atoms with Crippen LogP contribution in [0.4, 0.5) is 8.78 Å². The molecule has 3 saturated carbocycles. The van der Waals surface area contributed by atoms with Gasteiger partial charge in [0.15, 0.2) is 6.10 Å². The van der Waals surface area contributed by atoms with Crippen LogP contribution in [0, 0.1) is 23.7 Å². The number of esters is 4. The first-order valence-corrected chi connectivity index (χ1v) is 14.3. The molecule has 0 radical (unpaired) electrons. The van der Waals surface area contributed by atoms with Crippen LogP contribution in [-0.2, 0) is 48.2 Å². The number of carbonyl (C=O) groups is 4. The summed E-state index contributed by atoms with van der Waals surface area (Å²) in [5.74, 6) is -1.58. The molecular weight excluding hydrogens is 534 g/mol. The molecular formula is C24H32F2O11S. The summed E-state index contributed by atoms with van der Waals surface area (Å²) in [6.45, 7) is 2.53. The van der Waals surface area contributed by atoms with Gasteiger partial charge in [-0.2, -0.15) is 17.2 Å². The normalized spacial score (nSPS) is 34.9. The Morgan fingerprint density at radius 2 is 1.68 bits per heavy atom. The van der Waals surface area contributed by atoms with Crippen molar-refractivity contribution < 1.29 is 59.9 Å². The van der Waals surface area contributed by atoms with Gasteiger partial charge in [0.2, 0.25) is 12.2 Å². The molecule has 7 atom stereocenters. The first-order valence-electron chi connectivity index (χ1n) is 12.8. The molecule has 0 spiro atoms. The smallest absolute Gasteiger partial charge is 0.405 e. The van der Waals surface area contributed by atoms with E-state index in [-0.39, 0.29) is 6.42 Å². The number of fused-ring (bicyclic) bond motifs is 5. The molecule has 0 aromatic heterocycles. The molecule has 0 aromatic rings. The highest BCUT2D eigenvalue weighted by Gasteiger charge is 2.58. The summed E-state index contributed by atoms with van der Waals surface area (Å²) in [7, 11) is -5.82. The minimum atomic E-state index is -5.82. The van der Waals surface area contributed by atoms with Gasteiger partial charge in [0.25, 0.3) is 0 Å². The van der Waals surface area contributed by atoms with Crippen molar-refractivity contribution >= 4 is 34.0 Å². The Labute approximate surface area is 218 Å². The Balaban J connectivity index is 1.23. The molecule has 4 rings (SSSR count). The Hall–Kier alpha value is -2.35. The van der Waals surface area contributed by atoms with Crippen LogP contribution in [0.2, 0.25) is 0 Å². The second-order valence-corrected chi connectivity index (χ2v) is 12.3. The third-order valence-electron chi connectivity index (χ3n) is 8.60. The lowest BCUT2D eigenvalue weighted by Crippen LogP contribution is -2.42. The van der Waals surface area contributed by atoms with Crippen molar-refractivity contribution in [1.82, 2.24) is 0 Å². The summed E-state index contributed by atoms with van der Waals surface area (Å²) in [6, 6.07) is 0. The lowest BCUT2D eigenvalue weighted by molar-refractivity contribution is -0.175. The summed E-state index contributed by atoms with van der Waals surface area (Å²) in [5.41, 5.74) is -0.599. The van der Waals surface area contributed by atoms with E-state index in [4.69, 9.17) is 18.8 Å². The molecule has 4 aliphatic rings. The first kappa shape index (κ1) is 28.7. The van der Waals surface area contributed by atoms with Crippen LogP contribution in [0.15, 0.2) is 0 Å². The van der Waals surface area contributed by atoms with E-state index in [2.05, 4.69) is 4.74 Å². The SMILES string of the molecule is CCC1(OC(=O)C2CC(OC(=O)CCC(=O)OC(C)C(F)(F)S(=O)(=O)O)C(=O)O2)CC2C3CCC(C3)C2C1. The Kier molecular flexibility index (Phi) is 7.78. The van der Waals surface area contributed by atoms with Crippen LogP contribution in [0.25, 0.3) is 0 Å². The number of hydrogen-bond acceptors (Lipinski definition) is 10. The molecule has 1 heterocycles. The predicted molar refractivity (Wildman–Crippen MR) is 122 cm³/mol. The second-order valence-electron chi connectivity index (χ2n) is 10.8. The van der Waals surface area contributed by atoms with Crippen molar-refractivity contribution in [1.29, 1.82) is 0 Å². The van der Waals surface area contributed by atoms with E-state index < -0.39 is 76.0 Å². The van der Waals surface area contributed by atoms with Crippen LogP contribution in [0.3, 0.4) is 0 Å². The van der Waals surface area contributed by atoms with Gasteiger partial charge in [0, 0.05) is 6.42 Å². The average Bonchev–Trinajstić information content (AvgIpc) is 3.59. The Morgan fingerprint density at radius 3 is 2.24 bits per heavy atom. The van der Waals surface area contributed by atoms with Crippen molar-refractivity contribution in [2.75, 3.05) is 0 Å². The average molecular weight is 567 g/mol. The molecule has 14 heteroatoms. The molecule has 1 aliphatic heterocycles. The maximum atomic E-state index is 13.5. The van der Waals surface area contributed by atoms with E-state index in [0.29, 0.717) is 37.0 Å². The Bertz CT molecular complexity index is 1070. The molecule has 2 bridgehead atoms. The zero-order chi connectivity index (χ0) is 28.0. The van der Waals surface area contributed by atoms with Crippen LogP contribution < -0.4 is 0 Å². The molecule has 4 fully saturated rings. The zero-order valence-electron chi connectivity index (χ0n) is 21.1. The molecule has 1 N–H and O–H groups in total. The lowest BCUT2D eigenvalue weighted by Gasteiger charge is -2.30. The van der Waals surface area contributed by atoms with Crippen molar-refractivity contribution in [2.24, 2.45) is 23.7 Å². The molecule has 7 unspecified atom stereocenters. The summed E-state index contributed by atoms with van der Waals surface area (Å²) >= 11 is 0. The molecule has 1 saturated heterocycles. The Morgan fingerprint density at radius 1 is 1.11 bits per heavy atom. The standard InChI is InChI=1S/C24H32F2O11S/c1-3-23(10-15-13-4-5-14(8-13)16(15)11-23)37-22(30)18-9-17(21(29)36-18)35-20(28)7-6-19(27)34-12(2)24(25,26)38(31,32)33/h12-18H,3-11H2,1-2H3,(H,31,32,33). The first-order chi connectivity index (χ1) is 17.7. The fraction of sp³-hybridized carbons (Fsp3) is 0.833. The van der Waals surface area contributed by atoms with Gasteiger partial charge in [-0.3, -0.25) is 14.1 Å². The van der Waals surface area contributed by atoms with Crippen molar-refractivity contribution in [3.63, 3.8) is 0 Å². The molecule has 214 valence electrons. The monoisotopic (exact) mass is 566 g/mol. The summed E-state index contributed by atoms with van der Waals surface area (Å²) in [6.07, 6.45) is -0.920. The van der Waals surface area contributed by atoms with Crippen LogP contribution >= 0.6 is 0 Å². The largest absolute Gasteiger partial charge is 0.456 e. The quantitative estimate of drug-likeness (QED) is 0.235. The highest BCUT2D eigenvalue weighted by molar-refractivity contribution is 7.86. The summed E-state index contributed by atoms with van der Waals surface area (Å²) in [4.78, 5) is 48.9. The molecule has 0 aromatic carbocycles. The zero-order valence-corrected chi connectivity index (χ0v) is 21.9. The number of rotatable bonds is 10. The number of alkyl halides is 2. The minimum absolute atomic E-state index is 0.261. The molecule has 11 nitrogen and oxygen atoms in total. The maximum absolute atomic E-state index is 13.5. The molecule has 38 heavy (non-hydrogen) atoms. The van der Waals surface area contributed by atoms with Crippen LogP contribution in [0.5, 0.6) is 0 Å². The van der Waals surface area contributed by atoms with Gasteiger partial charge in [-0.15, -0.1) is 0 Å². The highest BCUT2D eigenvalue weighted by atomic mass is 32.2. The number of hydrogen-bond donors (Lipinski definition) is 1. The molecule has 0 amide bonds. The van der Waals surface area contributed by atoms with E-state index in [1.807, 2.05) is 6.92 Å². The van der Waals surface area contributed by atoms with E-state index in [1.165, 1.54) is 19.3 Å². The fourth-order valence-electron chi connectivity index (χ4n) is 6.58. The predicted octanol–water partition coefficient (Wildman–Crippen LogP) is 2.55. The van der Waals surface area contributed by atoms with Gasteiger partial charge < -0.3 is 18.9 Å². The van der Waals surface area contributed by atoms with Crippen molar-refractivity contribution in [3.8, 4) is 0 Å². The van der Waals surface area contributed by atoms with Gasteiger partial charge >= 0.3 is 39.2 Å².